The van der Waals surface area contributed by atoms with Crippen LogP contribution in [-0.2, 0) is 14.8 Å². The van der Waals surface area contributed by atoms with Crippen LogP contribution in [0.2, 0.25) is 5.02 Å². The minimum atomic E-state index is -3.36. The Kier molecular flexibility index (Phi) is 4.36. The van der Waals surface area contributed by atoms with Crippen molar-refractivity contribution in [1.82, 2.24) is 4.31 Å². The Morgan fingerprint density at radius 1 is 1.45 bits per heavy atom. The van der Waals surface area contributed by atoms with Crippen LogP contribution in [0.1, 0.15) is 18.4 Å². The van der Waals surface area contributed by atoms with Crippen LogP contribution in [-0.4, -0.2) is 37.5 Å². The fraction of sp³-hybridized carbons (Fsp3) is 0.462. The van der Waals surface area contributed by atoms with Gasteiger partial charge in [-0.2, -0.15) is 4.31 Å². The molecule has 1 aliphatic rings. The molecule has 1 aliphatic heterocycles. The average molecular weight is 317 g/mol. The summed E-state index contributed by atoms with van der Waals surface area (Å²) in [5, 5.41) is 3.29. The molecule has 0 radical (unpaired) electrons. The lowest BCUT2D eigenvalue weighted by Gasteiger charge is -2.21. The van der Waals surface area contributed by atoms with Crippen LogP contribution in [0.25, 0.3) is 0 Å². The maximum atomic E-state index is 12.2. The summed E-state index contributed by atoms with van der Waals surface area (Å²) in [7, 11) is -3.36. The van der Waals surface area contributed by atoms with Gasteiger partial charge in [-0.15, -0.1) is 0 Å². The quantitative estimate of drug-likeness (QED) is 0.927. The number of aryl methyl sites for hydroxylation is 1. The van der Waals surface area contributed by atoms with Crippen molar-refractivity contribution in [2.24, 2.45) is 0 Å². The lowest BCUT2D eigenvalue weighted by molar-refractivity contribution is -0.119. The molecule has 7 heteroatoms. The van der Waals surface area contributed by atoms with E-state index in [1.54, 1.807) is 18.2 Å². The molecular weight excluding hydrogens is 300 g/mol. The maximum Gasteiger partial charge on any atom is 0.242 e. The molecule has 0 aliphatic carbocycles. The first-order chi connectivity index (χ1) is 9.29. The smallest absolute Gasteiger partial charge is 0.242 e. The van der Waals surface area contributed by atoms with E-state index in [0.29, 0.717) is 30.1 Å². The highest BCUT2D eigenvalue weighted by atomic mass is 35.5. The van der Waals surface area contributed by atoms with Crippen LogP contribution in [0.5, 0.6) is 0 Å². The molecule has 0 spiro atoms. The van der Waals surface area contributed by atoms with E-state index in [0.717, 1.165) is 11.8 Å². The third-order valence-corrected chi connectivity index (χ3v) is 5.07. The molecule has 2 rings (SSSR count). The van der Waals surface area contributed by atoms with Crippen molar-refractivity contribution < 1.29 is 13.2 Å². The van der Waals surface area contributed by atoms with Crippen molar-refractivity contribution >= 4 is 33.2 Å². The number of benzene rings is 1. The fourth-order valence-electron chi connectivity index (χ4n) is 2.30. The van der Waals surface area contributed by atoms with Crippen LogP contribution in [0.4, 0.5) is 5.69 Å². The van der Waals surface area contributed by atoms with Gasteiger partial charge < -0.3 is 5.32 Å². The van der Waals surface area contributed by atoms with Gasteiger partial charge in [-0.3, -0.25) is 4.79 Å². The molecule has 0 saturated carbocycles. The van der Waals surface area contributed by atoms with Gasteiger partial charge in [0.05, 0.1) is 6.26 Å². The number of nitrogens with zero attached hydrogens (tertiary/aromatic N) is 1. The van der Waals surface area contributed by atoms with Crippen molar-refractivity contribution in [3.05, 3.63) is 28.8 Å². The number of sulfonamides is 1. The molecule has 1 N–H and O–H groups in total. The van der Waals surface area contributed by atoms with E-state index < -0.39 is 16.1 Å². The first kappa shape index (κ1) is 15.3. The Labute approximate surface area is 124 Å². The molecule has 1 atom stereocenters. The summed E-state index contributed by atoms with van der Waals surface area (Å²) in [5.41, 5.74) is 1.49. The Morgan fingerprint density at radius 2 is 2.15 bits per heavy atom. The molecule has 1 aromatic carbocycles. The molecule has 0 bridgehead atoms. The predicted molar refractivity (Wildman–Crippen MR) is 79.4 cm³/mol. The molecule has 0 aromatic heterocycles. The van der Waals surface area contributed by atoms with Gasteiger partial charge in [0.2, 0.25) is 15.9 Å². The molecule has 20 heavy (non-hydrogen) atoms. The van der Waals surface area contributed by atoms with E-state index in [4.69, 9.17) is 11.6 Å². The third kappa shape index (κ3) is 3.31. The first-order valence-corrected chi connectivity index (χ1v) is 8.55. The van der Waals surface area contributed by atoms with Crippen LogP contribution in [0, 0.1) is 6.92 Å². The summed E-state index contributed by atoms with van der Waals surface area (Å²) in [5.74, 6) is -0.312. The number of rotatable bonds is 3. The van der Waals surface area contributed by atoms with Gasteiger partial charge in [-0.1, -0.05) is 17.7 Å². The van der Waals surface area contributed by atoms with Crippen LogP contribution in [0.3, 0.4) is 0 Å². The molecule has 0 unspecified atom stereocenters. The molecule has 5 nitrogen and oxygen atoms in total. The van der Waals surface area contributed by atoms with Crippen molar-refractivity contribution in [3.8, 4) is 0 Å². The monoisotopic (exact) mass is 316 g/mol. The van der Waals surface area contributed by atoms with E-state index in [2.05, 4.69) is 5.32 Å². The highest BCUT2D eigenvalue weighted by Gasteiger charge is 2.36. The number of nitrogens with one attached hydrogen (secondary N) is 1. The van der Waals surface area contributed by atoms with Gasteiger partial charge in [0, 0.05) is 17.3 Å². The van der Waals surface area contributed by atoms with E-state index in [-0.39, 0.29) is 5.91 Å². The van der Waals surface area contributed by atoms with Crippen molar-refractivity contribution in [3.63, 3.8) is 0 Å². The average Bonchev–Trinajstić information content (AvgIpc) is 2.83. The highest BCUT2D eigenvalue weighted by molar-refractivity contribution is 7.88. The highest BCUT2D eigenvalue weighted by Crippen LogP contribution is 2.24. The van der Waals surface area contributed by atoms with Gasteiger partial charge in [0.1, 0.15) is 6.04 Å². The molecule has 110 valence electrons. The minimum Gasteiger partial charge on any atom is -0.325 e. The third-order valence-electron chi connectivity index (χ3n) is 3.37. The number of hydrogen-bond acceptors (Lipinski definition) is 3. The van der Waals surface area contributed by atoms with E-state index in [1.165, 1.54) is 4.31 Å². The summed E-state index contributed by atoms with van der Waals surface area (Å²) in [6.07, 6.45) is 2.36. The minimum absolute atomic E-state index is 0.312. The molecule has 1 aromatic rings. The summed E-state index contributed by atoms with van der Waals surface area (Å²) in [4.78, 5) is 12.2. The lowest BCUT2D eigenvalue weighted by atomic mass is 10.2. The van der Waals surface area contributed by atoms with Crippen molar-refractivity contribution in [1.29, 1.82) is 0 Å². The van der Waals surface area contributed by atoms with Crippen LogP contribution in [0.15, 0.2) is 18.2 Å². The predicted octanol–water partition coefficient (Wildman–Crippen LogP) is 2.01. The summed E-state index contributed by atoms with van der Waals surface area (Å²) in [6.45, 7) is 2.27. The Morgan fingerprint density at radius 3 is 2.75 bits per heavy atom. The number of anilines is 1. The Hall–Kier alpha value is -1.11. The lowest BCUT2D eigenvalue weighted by Crippen LogP contribution is -2.42. The second kappa shape index (κ2) is 5.71. The van der Waals surface area contributed by atoms with Gasteiger partial charge in [-0.05, 0) is 37.5 Å². The number of carbonyl (C=O) groups is 1. The summed E-state index contributed by atoms with van der Waals surface area (Å²) >= 11 is 6.00. The van der Waals surface area contributed by atoms with Gasteiger partial charge in [-0.25, -0.2) is 8.42 Å². The number of hydrogen-bond donors (Lipinski definition) is 1. The second-order valence-electron chi connectivity index (χ2n) is 4.98. The van der Waals surface area contributed by atoms with Crippen LogP contribution >= 0.6 is 11.6 Å². The number of carbonyl (C=O) groups excluding carboxylic acids is 1. The number of amides is 1. The summed E-state index contributed by atoms with van der Waals surface area (Å²) in [6, 6.07) is 4.58. The zero-order chi connectivity index (χ0) is 14.9. The normalized spacial score (nSPS) is 20.1. The SMILES string of the molecule is Cc1ccc(NC(=O)[C@H]2CCCN2S(C)(=O)=O)cc1Cl. The number of halogens is 1. The first-order valence-electron chi connectivity index (χ1n) is 6.33. The van der Waals surface area contributed by atoms with E-state index in [1.807, 2.05) is 6.92 Å². The zero-order valence-corrected chi connectivity index (χ0v) is 13.0. The Bertz CT molecular complexity index is 631. The molecular formula is C13H17ClN2O3S. The van der Waals surface area contributed by atoms with Crippen molar-refractivity contribution in [2.45, 2.75) is 25.8 Å². The molecule has 1 heterocycles. The second-order valence-corrected chi connectivity index (χ2v) is 7.33. The fourth-order valence-corrected chi connectivity index (χ4v) is 3.60. The maximum absolute atomic E-state index is 12.2. The van der Waals surface area contributed by atoms with Gasteiger partial charge in [0.25, 0.3) is 0 Å². The molecule has 1 amide bonds. The van der Waals surface area contributed by atoms with Gasteiger partial charge in [0.15, 0.2) is 0 Å². The standard InChI is InChI=1S/C13H17ClN2O3S/c1-9-5-6-10(8-11(9)14)15-13(17)12-4-3-7-16(12)20(2,18)19/h5-6,8,12H,3-4,7H2,1-2H3,(H,15,17)/t12-/m1/s1. The van der Waals surface area contributed by atoms with Crippen molar-refractivity contribution in [2.75, 3.05) is 18.1 Å². The van der Waals surface area contributed by atoms with E-state index in [9.17, 15) is 13.2 Å². The van der Waals surface area contributed by atoms with E-state index >= 15 is 0 Å². The Balaban J connectivity index is 2.13. The largest absolute Gasteiger partial charge is 0.325 e. The molecule has 1 fully saturated rings. The summed E-state index contributed by atoms with van der Waals surface area (Å²) < 4.78 is 24.5. The van der Waals surface area contributed by atoms with Crippen LogP contribution < -0.4 is 5.32 Å². The van der Waals surface area contributed by atoms with Gasteiger partial charge >= 0.3 is 0 Å². The zero-order valence-electron chi connectivity index (χ0n) is 11.4. The molecule has 1 saturated heterocycles. The topological polar surface area (TPSA) is 66.5 Å².